The van der Waals surface area contributed by atoms with Gasteiger partial charge in [0, 0.05) is 0 Å². The van der Waals surface area contributed by atoms with Gasteiger partial charge >= 0.3 is 12.0 Å². The fraction of sp³-hybridized carbons (Fsp3) is 0.450. The largest absolute Gasteiger partial charge is 0.460 e. The third kappa shape index (κ3) is 3.64. The van der Waals surface area contributed by atoms with Crippen molar-refractivity contribution >= 4 is 24.0 Å². The number of carbonyl (C=O) groups excluding carboxylic acids is 3. The second-order valence-electron chi connectivity index (χ2n) is 6.94. The lowest BCUT2D eigenvalue weighted by molar-refractivity contribution is -0.147. The van der Waals surface area contributed by atoms with E-state index in [4.69, 9.17) is 4.74 Å². The van der Waals surface area contributed by atoms with Crippen molar-refractivity contribution < 1.29 is 19.1 Å². The van der Waals surface area contributed by atoms with Crippen molar-refractivity contribution in [3.05, 3.63) is 42.0 Å². The van der Waals surface area contributed by atoms with E-state index in [-0.39, 0.29) is 25.0 Å². The van der Waals surface area contributed by atoms with Gasteiger partial charge in [-0.3, -0.25) is 14.5 Å². The lowest BCUT2D eigenvalue weighted by Gasteiger charge is -2.36. The number of hydrogen-bond acceptors (Lipinski definition) is 4. The highest BCUT2D eigenvalue weighted by Crippen LogP contribution is 2.38. The molecule has 1 N–H and O–H groups in total. The van der Waals surface area contributed by atoms with Gasteiger partial charge in [-0.25, -0.2) is 4.79 Å². The zero-order valence-electron chi connectivity index (χ0n) is 14.9. The van der Waals surface area contributed by atoms with Crippen LogP contribution in [0.1, 0.15) is 38.2 Å². The molecule has 0 unspecified atom stereocenters. The van der Waals surface area contributed by atoms with Crippen LogP contribution in [0.25, 0.3) is 6.08 Å². The predicted octanol–water partition coefficient (Wildman–Crippen LogP) is 2.74. The number of nitrogens with zero attached hydrogens (tertiary/aromatic N) is 1. The number of carbonyl (C=O) groups is 3. The van der Waals surface area contributed by atoms with Crippen molar-refractivity contribution in [2.75, 3.05) is 13.2 Å². The first-order valence-electron chi connectivity index (χ1n) is 9.04. The van der Waals surface area contributed by atoms with Crippen LogP contribution in [0.3, 0.4) is 0 Å². The number of ether oxygens (including phenoxy) is 1. The first-order chi connectivity index (χ1) is 12.5. The summed E-state index contributed by atoms with van der Waals surface area (Å²) in [5.74, 6) is -0.819. The van der Waals surface area contributed by atoms with E-state index in [0.29, 0.717) is 6.42 Å². The van der Waals surface area contributed by atoms with Crippen LogP contribution >= 0.6 is 0 Å². The summed E-state index contributed by atoms with van der Waals surface area (Å²) in [4.78, 5) is 38.0. The SMILES string of the molecule is C[C@@H]1CCCC[C@]12NC(=O)N(CC(=O)OC/C=C/c1ccccc1)C2=O. The van der Waals surface area contributed by atoms with Crippen LogP contribution in [0, 0.1) is 5.92 Å². The number of nitrogens with one attached hydrogen (secondary N) is 1. The molecular weight excluding hydrogens is 332 g/mol. The molecule has 1 aromatic carbocycles. The molecule has 3 amide bonds. The van der Waals surface area contributed by atoms with Crippen LogP contribution in [-0.2, 0) is 14.3 Å². The van der Waals surface area contributed by atoms with Gasteiger partial charge < -0.3 is 10.1 Å². The Hall–Kier alpha value is -2.63. The molecule has 0 aromatic heterocycles. The zero-order chi connectivity index (χ0) is 18.6. The van der Waals surface area contributed by atoms with E-state index in [9.17, 15) is 14.4 Å². The Bertz CT molecular complexity index is 716. The maximum atomic E-state index is 12.8. The summed E-state index contributed by atoms with van der Waals surface area (Å²) in [5.41, 5.74) is 0.161. The molecule has 1 saturated carbocycles. The van der Waals surface area contributed by atoms with Crippen LogP contribution in [0.2, 0.25) is 0 Å². The molecule has 1 aromatic rings. The molecule has 2 aliphatic rings. The maximum Gasteiger partial charge on any atom is 0.326 e. The minimum Gasteiger partial charge on any atom is -0.460 e. The van der Waals surface area contributed by atoms with Crippen molar-refractivity contribution in [3.8, 4) is 0 Å². The van der Waals surface area contributed by atoms with E-state index < -0.39 is 17.5 Å². The number of amides is 3. The number of urea groups is 1. The minimum absolute atomic E-state index is 0.0718. The lowest BCUT2D eigenvalue weighted by atomic mass is 9.73. The quantitative estimate of drug-likeness (QED) is 0.650. The minimum atomic E-state index is -0.844. The molecule has 138 valence electrons. The van der Waals surface area contributed by atoms with Gasteiger partial charge in [-0.1, -0.05) is 56.2 Å². The first kappa shape index (κ1) is 18.2. The molecule has 0 bridgehead atoms. The summed E-state index contributed by atoms with van der Waals surface area (Å²) in [6.07, 6.45) is 7.06. The molecule has 1 aliphatic heterocycles. The summed E-state index contributed by atoms with van der Waals surface area (Å²) in [5, 5.41) is 2.83. The van der Waals surface area contributed by atoms with Gasteiger partial charge in [0.15, 0.2) is 0 Å². The molecule has 0 radical (unpaired) electrons. The summed E-state index contributed by atoms with van der Waals surface area (Å²) in [6, 6.07) is 9.15. The standard InChI is InChI=1S/C20H24N2O4/c1-15-8-5-6-12-20(15)18(24)22(19(25)21-20)14-17(23)26-13-7-11-16-9-3-2-4-10-16/h2-4,7,9-11,15H,5-6,8,12-14H2,1H3,(H,21,25)/b11-7+/t15-,20+/m1/s1. The van der Waals surface area contributed by atoms with E-state index >= 15 is 0 Å². The van der Waals surface area contributed by atoms with Crippen molar-refractivity contribution in [1.82, 2.24) is 10.2 Å². The number of esters is 1. The molecule has 3 rings (SSSR count). The molecule has 6 heteroatoms. The summed E-state index contributed by atoms with van der Waals surface area (Å²) in [7, 11) is 0. The summed E-state index contributed by atoms with van der Waals surface area (Å²) in [6.45, 7) is 1.73. The molecule has 2 fully saturated rings. The van der Waals surface area contributed by atoms with Crippen LogP contribution in [0.4, 0.5) is 4.79 Å². The first-order valence-corrected chi connectivity index (χ1v) is 9.04. The second kappa shape index (κ2) is 7.72. The van der Waals surface area contributed by atoms with Gasteiger partial charge in [0.25, 0.3) is 5.91 Å². The maximum absolute atomic E-state index is 12.8. The Morgan fingerprint density at radius 3 is 2.81 bits per heavy atom. The van der Waals surface area contributed by atoms with Gasteiger partial charge in [0.2, 0.25) is 0 Å². The van der Waals surface area contributed by atoms with Crippen molar-refractivity contribution in [1.29, 1.82) is 0 Å². The van der Waals surface area contributed by atoms with Crippen molar-refractivity contribution in [3.63, 3.8) is 0 Å². The van der Waals surface area contributed by atoms with Crippen molar-refractivity contribution in [2.45, 2.75) is 38.1 Å². The Balaban J connectivity index is 1.53. The van der Waals surface area contributed by atoms with Gasteiger partial charge in [-0.2, -0.15) is 0 Å². The molecule has 26 heavy (non-hydrogen) atoms. The predicted molar refractivity (Wildman–Crippen MR) is 97.0 cm³/mol. The highest BCUT2D eigenvalue weighted by atomic mass is 16.5. The number of rotatable bonds is 5. The van der Waals surface area contributed by atoms with E-state index in [0.717, 1.165) is 29.7 Å². The van der Waals surface area contributed by atoms with Crippen LogP contribution < -0.4 is 5.32 Å². The average molecular weight is 356 g/mol. The van der Waals surface area contributed by atoms with E-state index in [1.54, 1.807) is 6.08 Å². The van der Waals surface area contributed by atoms with Crippen LogP contribution in [0.15, 0.2) is 36.4 Å². The number of imide groups is 1. The Labute approximate surface area is 153 Å². The zero-order valence-corrected chi connectivity index (χ0v) is 14.9. The monoisotopic (exact) mass is 356 g/mol. The van der Waals surface area contributed by atoms with Crippen LogP contribution in [-0.4, -0.2) is 41.5 Å². The lowest BCUT2D eigenvalue weighted by Crippen LogP contribution is -2.54. The third-order valence-corrected chi connectivity index (χ3v) is 5.24. The number of hydrogen-bond donors (Lipinski definition) is 1. The molecule has 1 aliphatic carbocycles. The Morgan fingerprint density at radius 2 is 2.08 bits per heavy atom. The van der Waals surface area contributed by atoms with E-state index in [1.807, 2.05) is 43.3 Å². The van der Waals surface area contributed by atoms with Gasteiger partial charge in [0.05, 0.1) is 0 Å². The van der Waals surface area contributed by atoms with E-state index in [1.165, 1.54) is 0 Å². The molecular formula is C20H24N2O4. The highest BCUT2D eigenvalue weighted by Gasteiger charge is 2.55. The normalized spacial score (nSPS) is 25.7. The summed E-state index contributed by atoms with van der Waals surface area (Å²) < 4.78 is 5.13. The molecule has 1 heterocycles. The smallest absolute Gasteiger partial charge is 0.326 e. The van der Waals surface area contributed by atoms with Gasteiger partial charge in [0.1, 0.15) is 18.7 Å². The molecule has 2 atom stereocenters. The highest BCUT2D eigenvalue weighted by molar-refractivity contribution is 6.08. The van der Waals surface area contributed by atoms with E-state index in [2.05, 4.69) is 5.32 Å². The summed E-state index contributed by atoms with van der Waals surface area (Å²) >= 11 is 0. The van der Waals surface area contributed by atoms with Crippen molar-refractivity contribution in [2.24, 2.45) is 5.92 Å². The van der Waals surface area contributed by atoms with Crippen LogP contribution in [0.5, 0.6) is 0 Å². The second-order valence-corrected chi connectivity index (χ2v) is 6.94. The fourth-order valence-electron chi connectivity index (χ4n) is 3.70. The Morgan fingerprint density at radius 1 is 1.31 bits per heavy atom. The molecule has 1 spiro atoms. The van der Waals surface area contributed by atoms with Gasteiger partial charge in [-0.15, -0.1) is 0 Å². The molecule has 6 nitrogen and oxygen atoms in total. The van der Waals surface area contributed by atoms with Gasteiger partial charge in [-0.05, 0) is 30.4 Å². The molecule has 1 saturated heterocycles. The fourth-order valence-corrected chi connectivity index (χ4v) is 3.70. The number of benzene rings is 1. The third-order valence-electron chi connectivity index (χ3n) is 5.24. The topological polar surface area (TPSA) is 75.7 Å². The Kier molecular flexibility index (Phi) is 5.40. The average Bonchev–Trinajstić information content (AvgIpc) is 2.87.